The van der Waals surface area contributed by atoms with Gasteiger partial charge in [0, 0.05) is 61.3 Å². The number of anilines is 3. The number of halogens is 2. The third-order valence-electron chi connectivity index (χ3n) is 7.36. The molecule has 5 aromatic rings. The number of carbonyl (C=O) groups excluding carboxylic acids is 1. The van der Waals surface area contributed by atoms with Crippen LogP contribution >= 0.6 is 0 Å². The summed E-state index contributed by atoms with van der Waals surface area (Å²) in [6, 6.07) is 11.1. The summed E-state index contributed by atoms with van der Waals surface area (Å²) in [4.78, 5) is 27.5. The SMILES string of the molecule is Cc1cnc(Nc2cc(C)n(C)n2)nc1-c1c[nH]c2c(NC(=O)CN3CCC(Oc4ccc(F)c(F)c4)C3)cccc12. The molecule has 4 heterocycles. The molecule has 1 saturated heterocycles. The standard InChI is InChI=1S/C30H30F2N8O2/c1-17-13-34-30(36-26-11-18(2)39(3)38-26)37-28(17)22-14-33-29-21(22)5-4-6-25(29)35-27(41)16-40-10-9-20(15-40)42-19-7-8-23(31)24(32)12-19/h4-8,11-14,20,33H,9-10,15-16H2,1-3H3,(H,35,41)(H,34,36,37,38). The molecule has 216 valence electrons. The second-order valence-corrected chi connectivity index (χ2v) is 10.5. The summed E-state index contributed by atoms with van der Waals surface area (Å²) in [5.74, 6) is -0.662. The first-order valence-corrected chi connectivity index (χ1v) is 13.6. The number of amides is 1. The molecule has 0 radical (unpaired) electrons. The van der Waals surface area contributed by atoms with Crippen LogP contribution in [0.5, 0.6) is 5.75 Å². The van der Waals surface area contributed by atoms with Gasteiger partial charge < -0.3 is 20.4 Å². The topological polar surface area (TPSA) is 113 Å². The Bertz CT molecular complexity index is 1760. The van der Waals surface area contributed by atoms with Crippen molar-refractivity contribution in [2.75, 3.05) is 30.3 Å². The minimum atomic E-state index is -0.949. The maximum absolute atomic E-state index is 13.5. The molecule has 1 amide bonds. The summed E-state index contributed by atoms with van der Waals surface area (Å²) in [6.45, 7) is 5.26. The minimum absolute atomic E-state index is 0.164. The fourth-order valence-electron chi connectivity index (χ4n) is 5.14. The van der Waals surface area contributed by atoms with Crippen molar-refractivity contribution in [3.63, 3.8) is 0 Å². The number of nitrogens with zero attached hydrogens (tertiary/aromatic N) is 5. The summed E-state index contributed by atoms with van der Waals surface area (Å²) >= 11 is 0. The Morgan fingerprint density at radius 3 is 2.81 bits per heavy atom. The van der Waals surface area contributed by atoms with Gasteiger partial charge in [-0.3, -0.25) is 14.4 Å². The van der Waals surface area contributed by atoms with Crippen LogP contribution in [0.25, 0.3) is 22.2 Å². The van der Waals surface area contributed by atoms with E-state index in [1.165, 1.54) is 6.07 Å². The van der Waals surface area contributed by atoms with Crippen molar-refractivity contribution in [3.05, 3.63) is 77.8 Å². The van der Waals surface area contributed by atoms with Gasteiger partial charge in [0.25, 0.3) is 0 Å². The zero-order valence-electron chi connectivity index (χ0n) is 23.4. The molecular weight excluding hydrogens is 542 g/mol. The highest BCUT2D eigenvalue weighted by Crippen LogP contribution is 2.33. The molecule has 0 saturated carbocycles. The van der Waals surface area contributed by atoms with Crippen LogP contribution in [-0.2, 0) is 11.8 Å². The molecule has 2 aromatic carbocycles. The van der Waals surface area contributed by atoms with E-state index in [2.05, 4.69) is 25.7 Å². The molecule has 0 aliphatic carbocycles. The molecule has 1 aliphatic rings. The fraction of sp³-hybridized carbons (Fsp3) is 0.267. The van der Waals surface area contributed by atoms with Crippen LogP contribution in [0.4, 0.5) is 26.2 Å². The summed E-state index contributed by atoms with van der Waals surface area (Å²) in [6.07, 6.45) is 4.11. The molecule has 3 aromatic heterocycles. The van der Waals surface area contributed by atoms with Crippen molar-refractivity contribution in [1.82, 2.24) is 29.6 Å². The Kier molecular flexibility index (Phi) is 7.29. The smallest absolute Gasteiger partial charge is 0.238 e. The fourth-order valence-corrected chi connectivity index (χ4v) is 5.14. The van der Waals surface area contributed by atoms with E-state index in [1.807, 2.05) is 56.3 Å². The lowest BCUT2D eigenvalue weighted by molar-refractivity contribution is -0.117. The highest BCUT2D eigenvalue weighted by molar-refractivity contribution is 6.06. The number of carbonyl (C=O) groups is 1. The van der Waals surface area contributed by atoms with Gasteiger partial charge in [0.05, 0.1) is 23.4 Å². The largest absolute Gasteiger partial charge is 0.489 e. The molecular formula is C30H30F2N8O2. The van der Waals surface area contributed by atoms with Crippen LogP contribution in [0.3, 0.4) is 0 Å². The van der Waals surface area contributed by atoms with E-state index in [0.29, 0.717) is 37.0 Å². The van der Waals surface area contributed by atoms with Gasteiger partial charge in [0.1, 0.15) is 11.9 Å². The number of hydrogen-bond acceptors (Lipinski definition) is 7. The zero-order valence-corrected chi connectivity index (χ0v) is 23.4. The average molecular weight is 573 g/mol. The van der Waals surface area contributed by atoms with Crippen LogP contribution < -0.4 is 15.4 Å². The van der Waals surface area contributed by atoms with Gasteiger partial charge in [-0.1, -0.05) is 12.1 Å². The van der Waals surface area contributed by atoms with Gasteiger partial charge in [-0.2, -0.15) is 5.10 Å². The van der Waals surface area contributed by atoms with Crippen LogP contribution in [0, 0.1) is 25.5 Å². The Morgan fingerprint density at radius 2 is 2.02 bits per heavy atom. The Morgan fingerprint density at radius 1 is 1.17 bits per heavy atom. The Labute approximate surface area is 240 Å². The lowest BCUT2D eigenvalue weighted by Gasteiger charge is -2.17. The number of H-pyrrole nitrogens is 1. The molecule has 1 fully saturated rings. The van der Waals surface area contributed by atoms with E-state index >= 15 is 0 Å². The van der Waals surface area contributed by atoms with E-state index in [9.17, 15) is 13.6 Å². The molecule has 6 rings (SSSR count). The molecule has 12 heteroatoms. The van der Waals surface area contributed by atoms with E-state index < -0.39 is 11.6 Å². The molecule has 0 spiro atoms. The predicted molar refractivity (Wildman–Crippen MR) is 156 cm³/mol. The number of ether oxygens (including phenoxy) is 1. The van der Waals surface area contributed by atoms with E-state index in [4.69, 9.17) is 9.72 Å². The second-order valence-electron chi connectivity index (χ2n) is 10.5. The molecule has 3 N–H and O–H groups in total. The minimum Gasteiger partial charge on any atom is -0.489 e. The first-order chi connectivity index (χ1) is 20.2. The van der Waals surface area contributed by atoms with Gasteiger partial charge in [-0.15, -0.1) is 0 Å². The van der Waals surface area contributed by atoms with Crippen molar-refractivity contribution < 1.29 is 18.3 Å². The molecule has 1 aliphatic heterocycles. The highest BCUT2D eigenvalue weighted by atomic mass is 19.2. The number of nitrogens with one attached hydrogen (secondary N) is 3. The van der Waals surface area contributed by atoms with Crippen molar-refractivity contribution in [2.24, 2.45) is 7.05 Å². The number of aromatic nitrogens is 5. The highest BCUT2D eigenvalue weighted by Gasteiger charge is 2.26. The quantitative estimate of drug-likeness (QED) is 0.237. The molecule has 42 heavy (non-hydrogen) atoms. The lowest BCUT2D eigenvalue weighted by Crippen LogP contribution is -2.33. The number of aromatic amines is 1. The van der Waals surface area contributed by atoms with Gasteiger partial charge >= 0.3 is 0 Å². The van der Waals surface area contributed by atoms with Gasteiger partial charge in [0.15, 0.2) is 17.5 Å². The monoisotopic (exact) mass is 572 g/mol. The van der Waals surface area contributed by atoms with Crippen molar-refractivity contribution >= 4 is 34.3 Å². The number of fused-ring (bicyclic) bond motifs is 1. The third kappa shape index (κ3) is 5.66. The maximum atomic E-state index is 13.5. The maximum Gasteiger partial charge on any atom is 0.238 e. The summed E-state index contributed by atoms with van der Waals surface area (Å²) in [5, 5.41) is 11.5. The van der Waals surface area contributed by atoms with Crippen LogP contribution in [-0.4, -0.2) is 61.3 Å². The molecule has 0 bridgehead atoms. The summed E-state index contributed by atoms with van der Waals surface area (Å²) in [7, 11) is 1.87. The number of benzene rings is 2. The zero-order chi connectivity index (χ0) is 29.4. The number of para-hydroxylation sites is 1. The third-order valence-corrected chi connectivity index (χ3v) is 7.36. The summed E-state index contributed by atoms with van der Waals surface area (Å²) < 4.78 is 34.3. The van der Waals surface area contributed by atoms with Crippen LogP contribution in [0.2, 0.25) is 0 Å². The normalized spacial score (nSPS) is 15.3. The van der Waals surface area contributed by atoms with Crippen LogP contribution in [0.15, 0.2) is 54.9 Å². The molecule has 10 nitrogen and oxygen atoms in total. The second kappa shape index (κ2) is 11.2. The Hall–Kier alpha value is -4.84. The number of likely N-dealkylation sites (tertiary alicyclic amines) is 1. The van der Waals surface area contributed by atoms with E-state index in [1.54, 1.807) is 10.9 Å². The van der Waals surface area contributed by atoms with Crippen molar-refractivity contribution in [1.29, 1.82) is 0 Å². The first-order valence-electron chi connectivity index (χ1n) is 13.6. The number of aryl methyl sites for hydroxylation is 3. The van der Waals surface area contributed by atoms with Gasteiger partial charge in [-0.05, 0) is 44.0 Å². The van der Waals surface area contributed by atoms with E-state index in [-0.39, 0.29) is 24.3 Å². The van der Waals surface area contributed by atoms with Gasteiger partial charge in [-0.25, -0.2) is 18.7 Å². The lowest BCUT2D eigenvalue weighted by atomic mass is 10.1. The number of rotatable bonds is 8. The predicted octanol–water partition coefficient (Wildman–Crippen LogP) is 5.09. The van der Waals surface area contributed by atoms with Crippen molar-refractivity contribution in [3.8, 4) is 17.0 Å². The Balaban J connectivity index is 1.13. The average Bonchev–Trinajstić information content (AvgIpc) is 3.66. The van der Waals surface area contributed by atoms with Crippen LogP contribution in [0.1, 0.15) is 17.7 Å². The molecule has 1 unspecified atom stereocenters. The molecule has 1 atom stereocenters. The van der Waals surface area contributed by atoms with Crippen molar-refractivity contribution in [2.45, 2.75) is 26.4 Å². The van der Waals surface area contributed by atoms with E-state index in [0.717, 1.165) is 45.6 Å². The van der Waals surface area contributed by atoms with Gasteiger partial charge in [0.2, 0.25) is 11.9 Å². The first kappa shape index (κ1) is 27.3. The summed E-state index contributed by atoms with van der Waals surface area (Å²) in [5.41, 5.74) is 5.01. The number of hydrogen-bond donors (Lipinski definition) is 3.